The summed E-state index contributed by atoms with van der Waals surface area (Å²) in [5.41, 5.74) is 2.49. The third-order valence-electron chi connectivity index (χ3n) is 2.50. The monoisotopic (exact) mass is 260 g/mol. The van der Waals surface area contributed by atoms with Gasteiger partial charge < -0.3 is 14.9 Å². The second kappa shape index (κ2) is 6.01. The first-order chi connectivity index (χ1) is 9.26. The summed E-state index contributed by atoms with van der Waals surface area (Å²) in [5.74, 6) is 8.19. The summed E-state index contributed by atoms with van der Waals surface area (Å²) in [6, 6.07) is 8.99. The minimum Gasteiger partial charge on any atom is -0.493 e. The molecule has 6 heteroatoms. The summed E-state index contributed by atoms with van der Waals surface area (Å²) in [6.45, 7) is 1.96. The minimum absolute atomic E-state index is 0.421. The number of nitrogen functional groups attached to an aromatic ring is 1. The highest BCUT2D eigenvalue weighted by molar-refractivity contribution is 5.44. The molecule has 2 aromatic rings. The molecule has 0 fully saturated rings. The van der Waals surface area contributed by atoms with E-state index in [4.69, 9.17) is 15.3 Å². The number of nitrogens with two attached hydrogens (primary N) is 1. The molecular formula is C13H16N4O2. The Labute approximate surface area is 111 Å². The van der Waals surface area contributed by atoms with Crippen molar-refractivity contribution in [2.45, 2.75) is 13.3 Å². The first-order valence-electron chi connectivity index (χ1n) is 5.92. The van der Waals surface area contributed by atoms with Gasteiger partial charge in [0.1, 0.15) is 11.6 Å². The van der Waals surface area contributed by atoms with Crippen LogP contribution in [-0.2, 0) is 6.42 Å². The lowest BCUT2D eigenvalue weighted by molar-refractivity contribution is 0.373. The molecule has 0 bridgehead atoms. The third kappa shape index (κ3) is 3.11. The van der Waals surface area contributed by atoms with Crippen LogP contribution in [0.4, 0.5) is 5.82 Å². The van der Waals surface area contributed by atoms with Gasteiger partial charge in [-0.3, -0.25) is 0 Å². The van der Waals surface area contributed by atoms with Crippen molar-refractivity contribution in [3.05, 3.63) is 36.2 Å². The number of nitrogens with zero attached hydrogens (tertiary/aromatic N) is 2. The Bertz CT molecular complexity index is 538. The predicted molar refractivity (Wildman–Crippen MR) is 72.3 cm³/mol. The number of aryl methyl sites for hydroxylation is 1. The van der Waals surface area contributed by atoms with Crippen molar-refractivity contribution < 1.29 is 9.47 Å². The van der Waals surface area contributed by atoms with Crippen molar-refractivity contribution >= 4 is 5.82 Å². The van der Waals surface area contributed by atoms with Gasteiger partial charge in [0.2, 0.25) is 5.88 Å². The number of methoxy groups -OCH3 is 1. The van der Waals surface area contributed by atoms with E-state index in [0.717, 1.165) is 0 Å². The Hall–Kier alpha value is -2.34. The molecule has 0 amide bonds. The van der Waals surface area contributed by atoms with Gasteiger partial charge in [0, 0.05) is 12.5 Å². The molecule has 0 saturated heterocycles. The van der Waals surface area contributed by atoms with Crippen molar-refractivity contribution in [3.8, 4) is 17.4 Å². The lowest BCUT2D eigenvalue weighted by Crippen LogP contribution is -2.10. The SMILES string of the molecule is CCc1nc(NN)cc(Oc2ccccc2OC)n1. The van der Waals surface area contributed by atoms with E-state index >= 15 is 0 Å². The Balaban J connectivity index is 2.32. The third-order valence-corrected chi connectivity index (χ3v) is 2.50. The molecule has 0 aliphatic carbocycles. The van der Waals surface area contributed by atoms with Gasteiger partial charge in [0.15, 0.2) is 11.5 Å². The zero-order chi connectivity index (χ0) is 13.7. The van der Waals surface area contributed by atoms with E-state index in [1.807, 2.05) is 31.2 Å². The number of nitrogens with one attached hydrogen (secondary N) is 1. The number of para-hydroxylation sites is 2. The fraction of sp³-hybridized carbons (Fsp3) is 0.231. The molecule has 0 spiro atoms. The molecule has 0 aliphatic rings. The smallest absolute Gasteiger partial charge is 0.224 e. The number of hydrogen-bond acceptors (Lipinski definition) is 6. The van der Waals surface area contributed by atoms with Crippen LogP contribution in [0.5, 0.6) is 17.4 Å². The molecule has 1 aromatic carbocycles. The summed E-state index contributed by atoms with van der Waals surface area (Å²) in [4.78, 5) is 8.48. The molecule has 100 valence electrons. The summed E-state index contributed by atoms with van der Waals surface area (Å²) in [7, 11) is 1.59. The zero-order valence-electron chi connectivity index (χ0n) is 10.9. The van der Waals surface area contributed by atoms with E-state index in [-0.39, 0.29) is 0 Å². The van der Waals surface area contributed by atoms with Gasteiger partial charge in [-0.1, -0.05) is 19.1 Å². The fourth-order valence-electron chi connectivity index (χ4n) is 1.57. The predicted octanol–water partition coefficient (Wildman–Crippen LogP) is 2.13. The van der Waals surface area contributed by atoms with Crippen LogP contribution in [0.3, 0.4) is 0 Å². The second-order valence-corrected chi connectivity index (χ2v) is 3.76. The van der Waals surface area contributed by atoms with E-state index in [2.05, 4.69) is 15.4 Å². The molecule has 1 heterocycles. The van der Waals surface area contributed by atoms with E-state index in [0.29, 0.717) is 35.4 Å². The Kier molecular flexibility index (Phi) is 4.15. The van der Waals surface area contributed by atoms with Gasteiger partial charge >= 0.3 is 0 Å². The van der Waals surface area contributed by atoms with Crippen LogP contribution in [0.25, 0.3) is 0 Å². The summed E-state index contributed by atoms with van der Waals surface area (Å²) in [5, 5.41) is 0. The molecule has 0 radical (unpaired) electrons. The molecular weight excluding hydrogens is 244 g/mol. The summed E-state index contributed by atoms with van der Waals surface area (Å²) >= 11 is 0. The summed E-state index contributed by atoms with van der Waals surface area (Å²) < 4.78 is 10.9. The number of benzene rings is 1. The van der Waals surface area contributed by atoms with E-state index in [9.17, 15) is 0 Å². The standard InChI is InChI=1S/C13H16N4O2/c1-3-11-15-12(17-14)8-13(16-11)19-10-7-5-4-6-9(10)18-2/h4-8H,3,14H2,1-2H3,(H,15,16,17). The highest BCUT2D eigenvalue weighted by Crippen LogP contribution is 2.30. The van der Waals surface area contributed by atoms with Crippen molar-refractivity contribution in [1.82, 2.24) is 9.97 Å². The van der Waals surface area contributed by atoms with Crippen molar-refractivity contribution in [1.29, 1.82) is 0 Å². The van der Waals surface area contributed by atoms with Crippen LogP contribution in [0.15, 0.2) is 30.3 Å². The molecule has 2 rings (SSSR count). The number of anilines is 1. The molecule has 0 atom stereocenters. The van der Waals surface area contributed by atoms with Crippen LogP contribution in [0.1, 0.15) is 12.7 Å². The number of hydrogen-bond donors (Lipinski definition) is 2. The molecule has 1 aromatic heterocycles. The topological polar surface area (TPSA) is 82.3 Å². The Morgan fingerprint density at radius 2 is 1.95 bits per heavy atom. The van der Waals surface area contributed by atoms with Crippen LogP contribution >= 0.6 is 0 Å². The highest BCUT2D eigenvalue weighted by Gasteiger charge is 2.08. The average Bonchev–Trinajstić information content (AvgIpc) is 2.47. The lowest BCUT2D eigenvalue weighted by Gasteiger charge is -2.10. The normalized spacial score (nSPS) is 10.1. The maximum Gasteiger partial charge on any atom is 0.224 e. The molecule has 3 N–H and O–H groups in total. The number of ether oxygens (including phenoxy) is 2. The molecule has 0 saturated carbocycles. The lowest BCUT2D eigenvalue weighted by atomic mass is 10.3. The van der Waals surface area contributed by atoms with Gasteiger partial charge in [0.05, 0.1) is 7.11 Å². The average molecular weight is 260 g/mol. The first kappa shape index (κ1) is 13.1. The van der Waals surface area contributed by atoms with Gasteiger partial charge in [-0.05, 0) is 12.1 Å². The van der Waals surface area contributed by atoms with Gasteiger partial charge in [0.25, 0.3) is 0 Å². The Morgan fingerprint density at radius 1 is 1.21 bits per heavy atom. The minimum atomic E-state index is 0.421. The summed E-state index contributed by atoms with van der Waals surface area (Å²) in [6.07, 6.45) is 0.692. The van der Waals surface area contributed by atoms with Crippen molar-refractivity contribution in [2.75, 3.05) is 12.5 Å². The van der Waals surface area contributed by atoms with Crippen molar-refractivity contribution in [3.63, 3.8) is 0 Å². The van der Waals surface area contributed by atoms with Crippen LogP contribution < -0.4 is 20.7 Å². The first-order valence-corrected chi connectivity index (χ1v) is 5.92. The van der Waals surface area contributed by atoms with E-state index in [1.165, 1.54) is 0 Å². The molecule has 0 unspecified atom stereocenters. The quantitative estimate of drug-likeness (QED) is 0.633. The maximum atomic E-state index is 5.71. The van der Waals surface area contributed by atoms with Gasteiger partial charge in [-0.25, -0.2) is 10.8 Å². The van der Waals surface area contributed by atoms with Crippen LogP contribution in [-0.4, -0.2) is 17.1 Å². The van der Waals surface area contributed by atoms with Crippen LogP contribution in [0, 0.1) is 0 Å². The zero-order valence-corrected chi connectivity index (χ0v) is 10.9. The van der Waals surface area contributed by atoms with Gasteiger partial charge in [-0.2, -0.15) is 4.98 Å². The Morgan fingerprint density at radius 3 is 2.58 bits per heavy atom. The fourth-order valence-corrected chi connectivity index (χ4v) is 1.57. The number of rotatable bonds is 5. The number of aromatic nitrogens is 2. The highest BCUT2D eigenvalue weighted by atomic mass is 16.5. The van der Waals surface area contributed by atoms with Crippen LogP contribution in [0.2, 0.25) is 0 Å². The molecule has 0 aliphatic heterocycles. The molecule has 19 heavy (non-hydrogen) atoms. The van der Waals surface area contributed by atoms with Gasteiger partial charge in [-0.15, -0.1) is 0 Å². The van der Waals surface area contributed by atoms with E-state index < -0.39 is 0 Å². The second-order valence-electron chi connectivity index (χ2n) is 3.76. The van der Waals surface area contributed by atoms with Crippen molar-refractivity contribution in [2.24, 2.45) is 5.84 Å². The van der Waals surface area contributed by atoms with E-state index in [1.54, 1.807) is 13.2 Å². The largest absolute Gasteiger partial charge is 0.493 e. The molecule has 6 nitrogen and oxygen atoms in total. The maximum absolute atomic E-state index is 5.71. The number of hydrazine groups is 1.